The molecule has 0 bridgehead atoms. The molecule has 0 aliphatic carbocycles. The second-order valence-corrected chi connectivity index (χ2v) is 4.77. The van der Waals surface area contributed by atoms with Crippen molar-refractivity contribution in [3.63, 3.8) is 0 Å². The zero-order chi connectivity index (χ0) is 14.3. The Labute approximate surface area is 120 Å². The third kappa shape index (κ3) is 10.8. The Morgan fingerprint density at radius 1 is 0.947 bits per heavy atom. The molecule has 0 aliphatic heterocycles. The van der Waals surface area contributed by atoms with Crippen molar-refractivity contribution in [1.29, 1.82) is 0 Å². The van der Waals surface area contributed by atoms with E-state index in [9.17, 15) is 0 Å². The molecular weight excluding hydrogens is 236 g/mol. The lowest BCUT2D eigenvalue weighted by atomic mass is 10.2. The highest BCUT2D eigenvalue weighted by Crippen LogP contribution is 1.92. The van der Waals surface area contributed by atoms with Crippen molar-refractivity contribution in [2.24, 2.45) is 4.99 Å². The molecule has 19 heavy (non-hydrogen) atoms. The second kappa shape index (κ2) is 13.7. The van der Waals surface area contributed by atoms with E-state index in [1.165, 1.54) is 19.3 Å². The maximum absolute atomic E-state index is 4.62. The van der Waals surface area contributed by atoms with Crippen LogP contribution in [-0.2, 0) is 0 Å². The Morgan fingerprint density at radius 3 is 2.26 bits per heavy atom. The predicted octanol–water partition coefficient (Wildman–Crippen LogP) is 2.46. The molecule has 0 rings (SSSR count). The summed E-state index contributed by atoms with van der Waals surface area (Å²) in [6.07, 6.45) is 4.90. The minimum absolute atomic E-state index is 0.902. The standard InChI is InChI=1S/C15H34N4/c1-5-9-10-12-17-15(16-6-2)18-13-11-14-19(7-3)8-4/h5-14H2,1-4H3,(H2,16,17,18). The summed E-state index contributed by atoms with van der Waals surface area (Å²) in [5, 5.41) is 6.70. The van der Waals surface area contributed by atoms with Crippen LogP contribution in [0, 0.1) is 0 Å². The van der Waals surface area contributed by atoms with Crippen LogP contribution in [0.5, 0.6) is 0 Å². The molecule has 0 radical (unpaired) electrons. The van der Waals surface area contributed by atoms with Gasteiger partial charge in [0.15, 0.2) is 5.96 Å². The molecule has 0 spiro atoms. The van der Waals surface area contributed by atoms with Crippen LogP contribution in [0.4, 0.5) is 0 Å². The van der Waals surface area contributed by atoms with Crippen molar-refractivity contribution in [3.8, 4) is 0 Å². The van der Waals surface area contributed by atoms with E-state index in [2.05, 4.69) is 48.2 Å². The van der Waals surface area contributed by atoms with Gasteiger partial charge in [-0.3, -0.25) is 4.99 Å². The third-order valence-corrected chi connectivity index (χ3v) is 3.21. The highest BCUT2D eigenvalue weighted by Gasteiger charge is 1.99. The Morgan fingerprint density at radius 2 is 1.68 bits per heavy atom. The number of aliphatic imine (C=N–C) groups is 1. The first-order valence-electron chi connectivity index (χ1n) is 8.02. The zero-order valence-electron chi connectivity index (χ0n) is 13.5. The van der Waals surface area contributed by atoms with Crippen molar-refractivity contribution in [1.82, 2.24) is 15.5 Å². The first kappa shape index (κ1) is 18.2. The summed E-state index contributed by atoms with van der Waals surface area (Å²) in [5.74, 6) is 0.971. The van der Waals surface area contributed by atoms with Gasteiger partial charge in [-0.05, 0) is 39.4 Å². The molecule has 0 aromatic rings. The Kier molecular flexibility index (Phi) is 13.1. The molecule has 0 aromatic carbocycles. The monoisotopic (exact) mass is 270 g/mol. The van der Waals surface area contributed by atoms with Crippen molar-refractivity contribution < 1.29 is 0 Å². The summed E-state index contributed by atoms with van der Waals surface area (Å²) in [6.45, 7) is 15.0. The topological polar surface area (TPSA) is 39.7 Å². The van der Waals surface area contributed by atoms with Crippen molar-refractivity contribution in [2.45, 2.75) is 53.4 Å². The fourth-order valence-corrected chi connectivity index (χ4v) is 1.95. The van der Waals surface area contributed by atoms with Gasteiger partial charge in [0.25, 0.3) is 0 Å². The number of hydrogen-bond acceptors (Lipinski definition) is 2. The molecule has 0 aliphatic rings. The van der Waals surface area contributed by atoms with Crippen LogP contribution in [0.3, 0.4) is 0 Å². The number of unbranched alkanes of at least 4 members (excludes halogenated alkanes) is 2. The summed E-state index contributed by atoms with van der Waals surface area (Å²) < 4.78 is 0. The minimum Gasteiger partial charge on any atom is -0.357 e. The van der Waals surface area contributed by atoms with Gasteiger partial charge in [-0.2, -0.15) is 0 Å². The zero-order valence-corrected chi connectivity index (χ0v) is 13.5. The number of rotatable bonds is 11. The summed E-state index contributed by atoms with van der Waals surface area (Å²) in [5.41, 5.74) is 0. The van der Waals surface area contributed by atoms with Crippen molar-refractivity contribution >= 4 is 5.96 Å². The number of nitrogens with one attached hydrogen (secondary N) is 2. The van der Waals surface area contributed by atoms with Gasteiger partial charge in [-0.15, -0.1) is 0 Å². The largest absolute Gasteiger partial charge is 0.357 e. The molecule has 2 N–H and O–H groups in total. The Balaban J connectivity index is 3.84. The van der Waals surface area contributed by atoms with Crippen LogP contribution < -0.4 is 10.6 Å². The van der Waals surface area contributed by atoms with E-state index in [4.69, 9.17) is 0 Å². The number of hydrogen-bond donors (Lipinski definition) is 2. The van der Waals surface area contributed by atoms with Gasteiger partial charge in [0.2, 0.25) is 0 Å². The van der Waals surface area contributed by atoms with Crippen LogP contribution in [0.2, 0.25) is 0 Å². The van der Waals surface area contributed by atoms with E-state index in [-0.39, 0.29) is 0 Å². The number of guanidine groups is 1. The van der Waals surface area contributed by atoms with E-state index >= 15 is 0 Å². The fourth-order valence-electron chi connectivity index (χ4n) is 1.95. The maximum Gasteiger partial charge on any atom is 0.191 e. The third-order valence-electron chi connectivity index (χ3n) is 3.21. The van der Waals surface area contributed by atoms with Crippen molar-refractivity contribution in [2.75, 3.05) is 39.3 Å². The molecule has 4 heteroatoms. The molecule has 0 fully saturated rings. The van der Waals surface area contributed by atoms with Gasteiger partial charge in [-0.1, -0.05) is 33.6 Å². The summed E-state index contributed by atoms with van der Waals surface area (Å²) in [4.78, 5) is 7.06. The lowest BCUT2D eigenvalue weighted by Gasteiger charge is -2.17. The summed E-state index contributed by atoms with van der Waals surface area (Å²) in [7, 11) is 0. The van der Waals surface area contributed by atoms with E-state index < -0.39 is 0 Å². The lowest BCUT2D eigenvalue weighted by Crippen LogP contribution is -2.38. The normalized spacial score (nSPS) is 11.9. The van der Waals surface area contributed by atoms with Crippen LogP contribution >= 0.6 is 0 Å². The van der Waals surface area contributed by atoms with Crippen LogP contribution in [0.15, 0.2) is 4.99 Å². The van der Waals surface area contributed by atoms with Gasteiger partial charge in [-0.25, -0.2) is 0 Å². The summed E-state index contributed by atoms with van der Waals surface area (Å²) >= 11 is 0. The molecule has 0 amide bonds. The first-order chi connectivity index (χ1) is 9.28. The molecule has 4 nitrogen and oxygen atoms in total. The smallest absolute Gasteiger partial charge is 0.191 e. The van der Waals surface area contributed by atoms with Gasteiger partial charge in [0.05, 0.1) is 0 Å². The van der Waals surface area contributed by atoms with E-state index in [1.54, 1.807) is 0 Å². The minimum atomic E-state index is 0.902. The lowest BCUT2D eigenvalue weighted by molar-refractivity contribution is 0.302. The SMILES string of the molecule is CCCCCNC(=NCCCN(CC)CC)NCC. The quantitative estimate of drug-likeness (QED) is 0.344. The van der Waals surface area contributed by atoms with E-state index in [0.29, 0.717) is 0 Å². The molecular formula is C15H34N4. The van der Waals surface area contributed by atoms with Crippen LogP contribution in [0.1, 0.15) is 53.4 Å². The summed E-state index contributed by atoms with van der Waals surface area (Å²) in [6, 6.07) is 0. The van der Waals surface area contributed by atoms with Crippen molar-refractivity contribution in [3.05, 3.63) is 0 Å². The second-order valence-electron chi connectivity index (χ2n) is 4.77. The van der Waals surface area contributed by atoms with Gasteiger partial charge in [0, 0.05) is 19.6 Å². The highest BCUT2D eigenvalue weighted by atomic mass is 15.2. The Hall–Kier alpha value is -0.770. The van der Waals surface area contributed by atoms with Gasteiger partial charge < -0.3 is 15.5 Å². The number of nitrogens with zero attached hydrogens (tertiary/aromatic N) is 2. The van der Waals surface area contributed by atoms with Crippen LogP contribution in [-0.4, -0.2) is 50.1 Å². The van der Waals surface area contributed by atoms with E-state index in [1.807, 2.05) is 0 Å². The molecule has 0 saturated heterocycles. The molecule has 0 atom stereocenters. The molecule has 0 heterocycles. The highest BCUT2D eigenvalue weighted by molar-refractivity contribution is 5.79. The molecule has 0 saturated carbocycles. The fraction of sp³-hybridized carbons (Fsp3) is 0.933. The molecule has 0 unspecified atom stereocenters. The van der Waals surface area contributed by atoms with Gasteiger partial charge in [0.1, 0.15) is 0 Å². The Bertz CT molecular complexity index is 212. The average Bonchev–Trinajstić information content (AvgIpc) is 2.43. The molecule has 114 valence electrons. The van der Waals surface area contributed by atoms with Crippen LogP contribution in [0.25, 0.3) is 0 Å². The predicted molar refractivity (Wildman–Crippen MR) is 85.9 cm³/mol. The maximum atomic E-state index is 4.62. The van der Waals surface area contributed by atoms with Gasteiger partial charge >= 0.3 is 0 Å². The van der Waals surface area contributed by atoms with E-state index in [0.717, 1.165) is 51.6 Å². The first-order valence-corrected chi connectivity index (χ1v) is 8.02. The average molecular weight is 270 g/mol. The molecule has 0 aromatic heterocycles.